The molecule has 0 bridgehead atoms. The standard InChI is InChI=1S/C11H14N8O.C2H2/c1-6(16-7(2)20)19-4-9(15-5-19)8-3-14-11(18-13)10(12)17-8;1-2/h3-5H,1,13H2,2H3,(H2,12,17)(H,14,18)(H,16,20);1-2H. The summed E-state index contributed by atoms with van der Waals surface area (Å²) in [4.78, 5) is 23.2. The lowest BCUT2D eigenvalue weighted by Gasteiger charge is -2.05. The molecule has 0 saturated carbocycles. The number of terminal acetylenes is 1. The van der Waals surface area contributed by atoms with Gasteiger partial charge in [-0.05, 0) is 0 Å². The van der Waals surface area contributed by atoms with E-state index in [0.29, 0.717) is 17.2 Å². The fourth-order valence-corrected chi connectivity index (χ4v) is 1.51. The smallest absolute Gasteiger partial charge is 0.222 e. The Labute approximate surface area is 127 Å². The number of anilines is 2. The lowest BCUT2D eigenvalue weighted by atomic mass is 10.3. The van der Waals surface area contributed by atoms with Crippen molar-refractivity contribution in [2.45, 2.75) is 6.92 Å². The van der Waals surface area contributed by atoms with Crippen LogP contribution in [0, 0.1) is 12.8 Å². The van der Waals surface area contributed by atoms with Gasteiger partial charge in [-0.15, -0.1) is 12.8 Å². The Morgan fingerprint density at radius 3 is 2.59 bits per heavy atom. The monoisotopic (exact) mass is 300 g/mol. The zero-order valence-corrected chi connectivity index (χ0v) is 11.9. The number of rotatable bonds is 4. The van der Waals surface area contributed by atoms with Crippen molar-refractivity contribution in [3.8, 4) is 24.2 Å². The molecule has 2 aromatic rings. The van der Waals surface area contributed by atoms with E-state index >= 15 is 0 Å². The molecular formula is C13H16N8O. The zero-order valence-electron chi connectivity index (χ0n) is 11.9. The predicted molar refractivity (Wildman–Crippen MR) is 84.5 cm³/mol. The molecule has 0 fully saturated rings. The zero-order chi connectivity index (χ0) is 16.7. The molecule has 0 spiro atoms. The molecule has 0 aromatic carbocycles. The predicted octanol–water partition coefficient (Wildman–Crippen LogP) is 0.0216. The highest BCUT2D eigenvalue weighted by molar-refractivity contribution is 5.80. The number of hydrazine groups is 1. The number of carbonyl (C=O) groups excluding carboxylic acids is 1. The van der Waals surface area contributed by atoms with E-state index in [4.69, 9.17) is 11.6 Å². The van der Waals surface area contributed by atoms with E-state index in [-0.39, 0.29) is 17.5 Å². The van der Waals surface area contributed by atoms with Gasteiger partial charge in [0.2, 0.25) is 5.91 Å². The van der Waals surface area contributed by atoms with Gasteiger partial charge in [-0.1, -0.05) is 6.58 Å². The van der Waals surface area contributed by atoms with E-state index in [1.165, 1.54) is 19.4 Å². The Morgan fingerprint density at radius 2 is 2.05 bits per heavy atom. The fraction of sp³-hybridized carbons (Fsp3) is 0.0769. The van der Waals surface area contributed by atoms with Gasteiger partial charge in [0, 0.05) is 13.1 Å². The quantitative estimate of drug-likeness (QED) is 0.355. The van der Waals surface area contributed by atoms with E-state index in [1.807, 2.05) is 0 Å². The molecule has 9 heteroatoms. The second-order valence-corrected chi connectivity index (χ2v) is 3.93. The van der Waals surface area contributed by atoms with Crippen molar-refractivity contribution >= 4 is 23.4 Å². The van der Waals surface area contributed by atoms with Crippen LogP contribution in [0.3, 0.4) is 0 Å². The van der Waals surface area contributed by atoms with Crippen molar-refractivity contribution in [3.63, 3.8) is 0 Å². The fourth-order valence-electron chi connectivity index (χ4n) is 1.51. The van der Waals surface area contributed by atoms with Gasteiger partial charge in [-0.25, -0.2) is 20.8 Å². The summed E-state index contributed by atoms with van der Waals surface area (Å²) in [5, 5.41) is 2.56. The van der Waals surface area contributed by atoms with Crippen molar-refractivity contribution in [3.05, 3.63) is 25.3 Å². The molecule has 2 aromatic heterocycles. The first kappa shape index (κ1) is 16.7. The van der Waals surface area contributed by atoms with Crippen LogP contribution in [0.25, 0.3) is 17.2 Å². The van der Waals surface area contributed by atoms with E-state index in [1.54, 1.807) is 10.8 Å². The van der Waals surface area contributed by atoms with Crippen LogP contribution in [0.2, 0.25) is 0 Å². The van der Waals surface area contributed by atoms with Gasteiger partial charge >= 0.3 is 0 Å². The molecule has 0 atom stereocenters. The van der Waals surface area contributed by atoms with Crippen molar-refractivity contribution in [2.24, 2.45) is 5.84 Å². The molecule has 0 unspecified atom stereocenters. The van der Waals surface area contributed by atoms with Gasteiger partial charge < -0.3 is 16.5 Å². The molecule has 114 valence electrons. The maximum atomic E-state index is 11.0. The minimum Gasteiger partial charge on any atom is -0.381 e. The third kappa shape index (κ3) is 3.81. The van der Waals surface area contributed by atoms with Crippen LogP contribution in [0.4, 0.5) is 11.6 Å². The van der Waals surface area contributed by atoms with Crippen molar-refractivity contribution in [1.82, 2.24) is 24.8 Å². The maximum absolute atomic E-state index is 11.0. The number of aromatic nitrogens is 4. The summed E-state index contributed by atoms with van der Waals surface area (Å²) in [5.74, 6) is 5.85. The van der Waals surface area contributed by atoms with Crippen LogP contribution in [-0.4, -0.2) is 25.4 Å². The number of nitrogens with zero attached hydrogens (tertiary/aromatic N) is 4. The highest BCUT2D eigenvalue weighted by atomic mass is 16.1. The van der Waals surface area contributed by atoms with E-state index in [0.717, 1.165) is 0 Å². The van der Waals surface area contributed by atoms with Gasteiger partial charge in [-0.3, -0.25) is 9.36 Å². The Hall–Kier alpha value is -3.38. The summed E-state index contributed by atoms with van der Waals surface area (Å²) >= 11 is 0. The number of imidazole rings is 1. The molecule has 0 aliphatic heterocycles. The molecule has 0 saturated heterocycles. The summed E-state index contributed by atoms with van der Waals surface area (Å²) in [5.41, 5.74) is 9.03. The average Bonchev–Trinajstić information content (AvgIpc) is 2.98. The summed E-state index contributed by atoms with van der Waals surface area (Å²) in [7, 11) is 0. The van der Waals surface area contributed by atoms with Crippen molar-refractivity contribution < 1.29 is 4.79 Å². The van der Waals surface area contributed by atoms with E-state index < -0.39 is 0 Å². The lowest BCUT2D eigenvalue weighted by Crippen LogP contribution is -2.20. The number of nitrogens with two attached hydrogens (primary N) is 2. The third-order valence-corrected chi connectivity index (χ3v) is 2.41. The number of hydrogen-bond donors (Lipinski definition) is 4. The van der Waals surface area contributed by atoms with Crippen LogP contribution >= 0.6 is 0 Å². The normalized spacial score (nSPS) is 9.27. The second-order valence-electron chi connectivity index (χ2n) is 3.93. The van der Waals surface area contributed by atoms with Gasteiger partial charge in [0.25, 0.3) is 0 Å². The molecule has 9 nitrogen and oxygen atoms in total. The highest BCUT2D eigenvalue weighted by Crippen LogP contribution is 2.19. The van der Waals surface area contributed by atoms with Crippen LogP contribution in [0.5, 0.6) is 0 Å². The Kier molecular flexibility index (Phi) is 5.62. The van der Waals surface area contributed by atoms with Gasteiger partial charge in [0.15, 0.2) is 11.6 Å². The number of hydrogen-bond acceptors (Lipinski definition) is 7. The first-order valence-electron chi connectivity index (χ1n) is 5.95. The Balaban J connectivity index is 0.00000116. The summed E-state index contributed by atoms with van der Waals surface area (Å²) in [6.45, 7) is 5.12. The molecule has 0 aliphatic rings. The average molecular weight is 300 g/mol. The summed E-state index contributed by atoms with van der Waals surface area (Å²) < 4.78 is 1.56. The van der Waals surface area contributed by atoms with Gasteiger partial charge in [0.1, 0.15) is 23.5 Å². The van der Waals surface area contributed by atoms with Crippen molar-refractivity contribution in [1.29, 1.82) is 0 Å². The molecule has 6 N–H and O–H groups in total. The first-order valence-corrected chi connectivity index (χ1v) is 5.95. The summed E-state index contributed by atoms with van der Waals surface area (Å²) in [6.07, 6.45) is 12.6. The van der Waals surface area contributed by atoms with Crippen LogP contribution in [0.15, 0.2) is 25.3 Å². The van der Waals surface area contributed by atoms with Crippen LogP contribution in [0.1, 0.15) is 6.92 Å². The van der Waals surface area contributed by atoms with E-state index in [2.05, 4.69) is 45.1 Å². The lowest BCUT2D eigenvalue weighted by molar-refractivity contribution is -0.117. The topological polar surface area (TPSA) is 137 Å². The maximum Gasteiger partial charge on any atom is 0.222 e. The number of nitrogens with one attached hydrogen (secondary N) is 2. The molecule has 0 aliphatic carbocycles. The molecule has 22 heavy (non-hydrogen) atoms. The van der Waals surface area contributed by atoms with Gasteiger partial charge in [-0.2, -0.15) is 0 Å². The van der Waals surface area contributed by atoms with Crippen molar-refractivity contribution in [2.75, 3.05) is 11.2 Å². The first-order chi connectivity index (χ1) is 10.5. The molecule has 2 heterocycles. The van der Waals surface area contributed by atoms with E-state index in [9.17, 15) is 4.79 Å². The molecule has 1 amide bonds. The molecule has 2 rings (SSSR count). The Morgan fingerprint density at radius 1 is 1.36 bits per heavy atom. The molecular weight excluding hydrogens is 284 g/mol. The highest BCUT2D eigenvalue weighted by Gasteiger charge is 2.09. The second kappa shape index (κ2) is 7.41. The number of nitrogen functional groups attached to an aromatic ring is 2. The van der Waals surface area contributed by atoms with Crippen LogP contribution < -0.4 is 22.3 Å². The molecule has 0 radical (unpaired) electrons. The number of carbonyl (C=O) groups is 1. The van der Waals surface area contributed by atoms with Crippen LogP contribution in [-0.2, 0) is 4.79 Å². The third-order valence-electron chi connectivity index (χ3n) is 2.41. The Bertz CT molecular complexity index is 703. The SMILES string of the molecule is C#C.C=C(NC(C)=O)n1cnc(-c2cnc(NN)c(N)n2)c1. The largest absolute Gasteiger partial charge is 0.381 e. The number of amides is 1. The minimum atomic E-state index is -0.215. The van der Waals surface area contributed by atoms with Gasteiger partial charge in [0.05, 0.1) is 6.20 Å². The summed E-state index contributed by atoms with van der Waals surface area (Å²) in [6, 6.07) is 0. The minimum absolute atomic E-state index is 0.167.